The minimum Gasteiger partial charge on any atom is -0.539 e. The minimum atomic E-state index is -2.22. The summed E-state index contributed by atoms with van der Waals surface area (Å²) in [6.45, 7) is 21.3. The molecular formula is C21H36O3Si2. The molecule has 0 spiro atoms. The van der Waals surface area contributed by atoms with Crippen molar-refractivity contribution in [3.05, 3.63) is 41.7 Å². The fourth-order valence-electron chi connectivity index (χ4n) is 1.69. The first-order valence-corrected chi connectivity index (χ1v) is 15.1. The van der Waals surface area contributed by atoms with E-state index in [1.54, 1.807) is 0 Å². The van der Waals surface area contributed by atoms with Gasteiger partial charge in [-0.05, 0) is 47.9 Å². The Kier molecular flexibility index (Phi) is 6.75. The summed E-state index contributed by atoms with van der Waals surface area (Å²) in [6, 6.07) is 9.80. The first-order valence-electron chi connectivity index (χ1n) is 9.26. The lowest BCUT2D eigenvalue weighted by Gasteiger charge is -2.39. The van der Waals surface area contributed by atoms with Crippen LogP contribution in [0.2, 0.25) is 36.3 Å². The minimum absolute atomic E-state index is 0.0000312. The Morgan fingerprint density at radius 1 is 0.808 bits per heavy atom. The van der Waals surface area contributed by atoms with Crippen molar-refractivity contribution in [2.45, 2.75) is 77.8 Å². The van der Waals surface area contributed by atoms with E-state index in [-0.39, 0.29) is 16.0 Å². The Bertz CT molecular complexity index is 648. The van der Waals surface area contributed by atoms with Gasteiger partial charge in [-0.1, -0.05) is 71.9 Å². The molecule has 0 N–H and O–H groups in total. The second-order valence-electron chi connectivity index (χ2n) is 9.93. The lowest BCUT2D eigenvalue weighted by atomic mass is 10.2. The molecule has 0 aromatic heterocycles. The molecule has 0 saturated carbocycles. The molecule has 1 rings (SSSR count). The van der Waals surface area contributed by atoms with E-state index in [2.05, 4.69) is 67.7 Å². The molecule has 0 fully saturated rings. The van der Waals surface area contributed by atoms with Crippen LogP contribution >= 0.6 is 0 Å². The molecule has 146 valence electrons. The zero-order valence-corrected chi connectivity index (χ0v) is 20.2. The topological polar surface area (TPSA) is 35.5 Å². The van der Waals surface area contributed by atoms with Crippen LogP contribution in [-0.2, 0) is 13.6 Å². The van der Waals surface area contributed by atoms with Gasteiger partial charge < -0.3 is 8.85 Å². The number of benzene rings is 1. The molecule has 1 aromatic carbocycles. The van der Waals surface area contributed by atoms with Crippen LogP contribution in [0.25, 0.3) is 6.08 Å². The van der Waals surface area contributed by atoms with Crippen molar-refractivity contribution in [2.24, 2.45) is 0 Å². The van der Waals surface area contributed by atoms with Gasteiger partial charge in [-0.15, -0.1) is 0 Å². The largest absolute Gasteiger partial charge is 0.539 e. The third kappa shape index (κ3) is 5.84. The number of carbonyl (C=O) groups is 1. The van der Waals surface area contributed by atoms with Crippen LogP contribution in [0.4, 0.5) is 0 Å². The van der Waals surface area contributed by atoms with Crippen LogP contribution in [0.3, 0.4) is 0 Å². The van der Waals surface area contributed by atoms with E-state index in [0.717, 1.165) is 5.56 Å². The summed E-state index contributed by atoms with van der Waals surface area (Å²) in [6.07, 6.45) is 1.82. The van der Waals surface area contributed by atoms with Crippen molar-refractivity contribution >= 4 is 28.7 Å². The third-order valence-corrected chi connectivity index (χ3v) is 14.3. The molecule has 0 amide bonds. The van der Waals surface area contributed by atoms with Gasteiger partial charge in [-0.2, -0.15) is 0 Å². The lowest BCUT2D eigenvalue weighted by Crippen LogP contribution is -2.45. The first kappa shape index (κ1) is 22.7. The molecule has 3 nitrogen and oxygen atoms in total. The monoisotopic (exact) mass is 392 g/mol. The van der Waals surface area contributed by atoms with Crippen molar-refractivity contribution in [1.82, 2.24) is 0 Å². The highest BCUT2D eigenvalue weighted by atomic mass is 28.4. The molecule has 0 saturated heterocycles. The predicted molar refractivity (Wildman–Crippen MR) is 116 cm³/mol. The van der Waals surface area contributed by atoms with Gasteiger partial charge in [0, 0.05) is 0 Å². The molecule has 0 radical (unpaired) electrons. The number of hydrogen-bond donors (Lipinski definition) is 0. The van der Waals surface area contributed by atoms with E-state index in [9.17, 15) is 4.79 Å². The Hall–Kier alpha value is -1.34. The Labute approximate surface area is 162 Å². The van der Waals surface area contributed by atoms with Crippen LogP contribution < -0.4 is 0 Å². The number of hydrogen-bond acceptors (Lipinski definition) is 3. The van der Waals surface area contributed by atoms with E-state index in [4.69, 9.17) is 8.85 Å². The summed E-state index contributed by atoms with van der Waals surface area (Å²) >= 11 is 0. The Balaban J connectivity index is 3.25. The summed E-state index contributed by atoms with van der Waals surface area (Å²) in [5.74, 6) is -0.0158. The molecule has 0 aliphatic heterocycles. The molecule has 0 aliphatic rings. The zero-order valence-electron chi connectivity index (χ0n) is 18.2. The highest BCUT2D eigenvalue weighted by Crippen LogP contribution is 2.40. The van der Waals surface area contributed by atoms with Gasteiger partial charge in [0.25, 0.3) is 16.6 Å². The zero-order chi connectivity index (χ0) is 20.4. The van der Waals surface area contributed by atoms with Gasteiger partial charge in [0.05, 0.1) is 0 Å². The van der Waals surface area contributed by atoms with Crippen molar-refractivity contribution in [2.75, 3.05) is 0 Å². The van der Waals surface area contributed by atoms with E-state index in [1.165, 1.54) is 0 Å². The Morgan fingerprint density at radius 2 is 1.23 bits per heavy atom. The SMILES string of the molecule is CC(C)(C)[Si](C)(C)OC(=O)/C(=C\c1ccccc1)O[Si](C)(C)C(C)(C)C. The van der Waals surface area contributed by atoms with E-state index >= 15 is 0 Å². The summed E-state index contributed by atoms with van der Waals surface area (Å²) in [5, 5.41) is -0.0441. The fourth-order valence-corrected chi connectivity index (χ4v) is 3.56. The van der Waals surface area contributed by atoms with Crippen LogP contribution in [-0.4, -0.2) is 22.6 Å². The van der Waals surface area contributed by atoms with Gasteiger partial charge in [-0.3, -0.25) is 0 Å². The molecule has 5 heteroatoms. The first-order chi connectivity index (χ1) is 11.6. The molecule has 26 heavy (non-hydrogen) atoms. The number of rotatable bonds is 5. The normalized spacial score (nSPS) is 14.2. The quantitative estimate of drug-likeness (QED) is 0.322. The van der Waals surface area contributed by atoms with Gasteiger partial charge in [0.2, 0.25) is 0 Å². The summed E-state index contributed by atoms with van der Waals surface area (Å²) < 4.78 is 12.4. The second-order valence-corrected chi connectivity index (χ2v) is 19.4. The van der Waals surface area contributed by atoms with Crippen LogP contribution in [0, 0.1) is 0 Å². The Morgan fingerprint density at radius 3 is 1.65 bits per heavy atom. The van der Waals surface area contributed by atoms with Crippen molar-refractivity contribution in [3.8, 4) is 0 Å². The summed E-state index contributed by atoms with van der Waals surface area (Å²) in [4.78, 5) is 13.1. The molecule has 0 atom stereocenters. The van der Waals surface area contributed by atoms with E-state index in [0.29, 0.717) is 5.76 Å². The smallest absolute Gasteiger partial charge is 0.358 e. The van der Waals surface area contributed by atoms with Crippen LogP contribution in [0.1, 0.15) is 47.1 Å². The van der Waals surface area contributed by atoms with Gasteiger partial charge >= 0.3 is 5.97 Å². The van der Waals surface area contributed by atoms with Crippen molar-refractivity contribution in [1.29, 1.82) is 0 Å². The standard InChI is InChI=1S/C21H36O3Si2/c1-20(2,3)25(7,8)23-18(16-17-14-12-11-13-15-17)19(22)24-26(9,10)21(4,5)6/h11-16H,1-10H3/b18-16+. The lowest BCUT2D eigenvalue weighted by molar-refractivity contribution is -0.133. The molecule has 0 heterocycles. The molecular weight excluding hydrogens is 356 g/mol. The highest BCUT2D eigenvalue weighted by Gasteiger charge is 2.44. The van der Waals surface area contributed by atoms with E-state index in [1.807, 2.05) is 36.4 Å². The van der Waals surface area contributed by atoms with Gasteiger partial charge in [0.15, 0.2) is 5.76 Å². The van der Waals surface area contributed by atoms with Crippen molar-refractivity contribution < 1.29 is 13.6 Å². The van der Waals surface area contributed by atoms with Gasteiger partial charge in [-0.25, -0.2) is 4.79 Å². The molecule has 0 aliphatic carbocycles. The molecule has 1 aromatic rings. The average Bonchev–Trinajstić information content (AvgIpc) is 2.44. The molecule has 0 unspecified atom stereocenters. The van der Waals surface area contributed by atoms with E-state index < -0.39 is 16.6 Å². The predicted octanol–water partition coefficient (Wildman–Crippen LogP) is 6.60. The van der Waals surface area contributed by atoms with Crippen LogP contribution in [0.15, 0.2) is 36.1 Å². The van der Waals surface area contributed by atoms with Crippen LogP contribution in [0.5, 0.6) is 0 Å². The second kappa shape index (κ2) is 7.73. The molecule has 0 bridgehead atoms. The number of carbonyl (C=O) groups excluding carboxylic acids is 1. The fraction of sp³-hybridized carbons (Fsp3) is 0.571. The maximum absolute atomic E-state index is 13.1. The average molecular weight is 393 g/mol. The third-order valence-electron chi connectivity index (χ3n) is 5.62. The van der Waals surface area contributed by atoms with Crippen molar-refractivity contribution in [3.63, 3.8) is 0 Å². The maximum Gasteiger partial charge on any atom is 0.358 e. The summed E-state index contributed by atoms with van der Waals surface area (Å²) in [7, 11) is -4.38. The maximum atomic E-state index is 13.1. The highest BCUT2D eigenvalue weighted by molar-refractivity contribution is 6.76. The summed E-state index contributed by atoms with van der Waals surface area (Å²) in [5.41, 5.74) is 0.938. The van der Waals surface area contributed by atoms with Gasteiger partial charge in [0.1, 0.15) is 0 Å².